The van der Waals surface area contributed by atoms with Gasteiger partial charge in [0.05, 0.1) is 15.9 Å². The Hall–Kier alpha value is -2.91. The molecule has 0 radical (unpaired) electrons. The Morgan fingerprint density at radius 3 is 2.56 bits per heavy atom. The van der Waals surface area contributed by atoms with Gasteiger partial charge >= 0.3 is 0 Å². The fraction of sp³-hybridized carbons (Fsp3) is 0. The number of aromatic amines is 1. The van der Waals surface area contributed by atoms with Crippen molar-refractivity contribution in [2.45, 2.75) is 4.90 Å². The van der Waals surface area contributed by atoms with Crippen LogP contribution in [0.2, 0.25) is 5.02 Å². The number of nitrogens with zero attached hydrogens (tertiary/aromatic N) is 1. The summed E-state index contributed by atoms with van der Waals surface area (Å²) >= 11 is 5.88. The third-order valence-corrected chi connectivity index (χ3v) is 5.11. The molecule has 3 aromatic carbocycles. The summed E-state index contributed by atoms with van der Waals surface area (Å²) in [4.78, 5) is 8.31. The van der Waals surface area contributed by atoms with E-state index in [1.807, 2.05) is 48.5 Å². The van der Waals surface area contributed by atoms with Crippen LogP contribution in [-0.4, -0.2) is 14.2 Å². The highest BCUT2D eigenvalue weighted by molar-refractivity contribution is 7.82. The highest BCUT2D eigenvalue weighted by atomic mass is 35.5. The first-order valence-electron chi connectivity index (χ1n) is 8.13. The van der Waals surface area contributed by atoms with Crippen LogP contribution in [0.25, 0.3) is 22.2 Å². The Morgan fingerprint density at radius 1 is 1.00 bits per heavy atom. The van der Waals surface area contributed by atoms with Gasteiger partial charge in [0.1, 0.15) is 11.0 Å². The lowest BCUT2D eigenvalue weighted by Gasteiger charge is -2.06. The van der Waals surface area contributed by atoms with Gasteiger partial charge in [0.2, 0.25) is 0 Å². The van der Waals surface area contributed by atoms with Crippen LogP contribution in [0.5, 0.6) is 0 Å². The van der Waals surface area contributed by atoms with Crippen LogP contribution < -0.4 is 5.14 Å². The summed E-state index contributed by atoms with van der Waals surface area (Å²) in [5.41, 5.74) is 4.28. The predicted molar refractivity (Wildman–Crippen MR) is 110 cm³/mol. The van der Waals surface area contributed by atoms with Crippen molar-refractivity contribution >= 4 is 33.6 Å². The Balaban J connectivity index is 1.71. The van der Waals surface area contributed by atoms with Crippen LogP contribution in [0.4, 0.5) is 0 Å². The smallest absolute Gasteiger partial charge is 0.184 e. The van der Waals surface area contributed by atoms with Gasteiger partial charge in [0.15, 0.2) is 5.82 Å². The summed E-state index contributed by atoms with van der Waals surface area (Å²) < 4.78 is 11.8. The zero-order chi connectivity index (χ0) is 18.8. The summed E-state index contributed by atoms with van der Waals surface area (Å²) in [6.45, 7) is 0. The van der Waals surface area contributed by atoms with E-state index < -0.39 is 11.0 Å². The predicted octanol–water partition coefficient (Wildman–Crippen LogP) is 4.26. The van der Waals surface area contributed by atoms with E-state index in [0.717, 1.165) is 27.7 Å². The number of rotatable bonds is 2. The van der Waals surface area contributed by atoms with Crippen LogP contribution in [-0.2, 0) is 11.0 Å². The Labute approximate surface area is 164 Å². The number of aromatic nitrogens is 2. The normalized spacial score (nSPS) is 11.8. The maximum Gasteiger partial charge on any atom is 0.184 e. The molecule has 0 fully saturated rings. The number of hydrogen-bond acceptors (Lipinski definition) is 2. The van der Waals surface area contributed by atoms with Crippen molar-refractivity contribution in [3.05, 3.63) is 83.1 Å². The third-order valence-electron chi connectivity index (χ3n) is 4.07. The minimum Gasteiger partial charge on any atom is -0.331 e. The molecule has 6 heteroatoms. The summed E-state index contributed by atoms with van der Waals surface area (Å²) in [6.07, 6.45) is 0. The van der Waals surface area contributed by atoms with E-state index in [-0.39, 0.29) is 0 Å². The Morgan fingerprint density at radius 2 is 1.78 bits per heavy atom. The van der Waals surface area contributed by atoms with Gasteiger partial charge < -0.3 is 4.98 Å². The van der Waals surface area contributed by atoms with E-state index in [9.17, 15) is 4.21 Å². The van der Waals surface area contributed by atoms with Crippen molar-refractivity contribution in [2.24, 2.45) is 5.14 Å². The van der Waals surface area contributed by atoms with Crippen molar-refractivity contribution in [3.63, 3.8) is 0 Å². The number of nitrogens with two attached hydrogens (primary N) is 1. The van der Waals surface area contributed by atoms with Crippen LogP contribution in [0.15, 0.2) is 71.6 Å². The maximum atomic E-state index is 11.8. The second-order valence-electron chi connectivity index (χ2n) is 5.87. The molecule has 1 aromatic heterocycles. The molecular formula is C21H14ClN3OS. The number of benzene rings is 3. The van der Waals surface area contributed by atoms with Crippen LogP contribution >= 0.6 is 11.6 Å². The lowest BCUT2D eigenvalue weighted by molar-refractivity contribution is 0.684. The van der Waals surface area contributed by atoms with Gasteiger partial charge in [-0.2, -0.15) is 0 Å². The number of halogens is 1. The topological polar surface area (TPSA) is 71.8 Å². The molecule has 0 bridgehead atoms. The van der Waals surface area contributed by atoms with Gasteiger partial charge in [0.25, 0.3) is 0 Å². The molecule has 1 unspecified atom stereocenters. The van der Waals surface area contributed by atoms with Gasteiger partial charge in [-0.3, -0.25) is 0 Å². The monoisotopic (exact) mass is 391 g/mol. The average Bonchev–Trinajstić information content (AvgIpc) is 3.09. The van der Waals surface area contributed by atoms with E-state index in [0.29, 0.717) is 15.7 Å². The second kappa shape index (κ2) is 7.37. The molecule has 1 heterocycles. The molecule has 0 aliphatic heterocycles. The summed E-state index contributed by atoms with van der Waals surface area (Å²) in [7, 11) is -1.55. The standard InChI is InChI=1S/C21H14ClN3OS/c22-16-9-5-14(6-10-16)7-12-21-24-18-11-8-15(13-19(18)25-21)17-3-1-2-4-20(17)27(23)26/h1-6,8-11,13H,23H2,(H,24,25). The number of hydrogen-bond donors (Lipinski definition) is 2. The zero-order valence-electron chi connectivity index (χ0n) is 14.1. The van der Waals surface area contributed by atoms with E-state index in [4.69, 9.17) is 16.7 Å². The van der Waals surface area contributed by atoms with Crippen molar-refractivity contribution < 1.29 is 4.21 Å². The Bertz CT molecular complexity index is 1220. The SMILES string of the molecule is NS(=O)c1ccccc1-c1ccc2nc(C#Cc3ccc(Cl)cc3)[nH]c2c1. The Kier molecular flexibility index (Phi) is 4.78. The summed E-state index contributed by atoms with van der Waals surface area (Å²) in [6, 6.07) is 20.5. The van der Waals surface area contributed by atoms with Crippen molar-refractivity contribution in [2.75, 3.05) is 0 Å². The molecular weight excluding hydrogens is 378 g/mol. The molecule has 0 aliphatic rings. The fourth-order valence-corrected chi connectivity index (χ4v) is 3.52. The number of H-pyrrole nitrogens is 1. The second-order valence-corrected chi connectivity index (χ2v) is 7.34. The molecule has 0 amide bonds. The zero-order valence-corrected chi connectivity index (χ0v) is 15.6. The highest BCUT2D eigenvalue weighted by Gasteiger charge is 2.10. The van der Waals surface area contributed by atoms with Crippen molar-refractivity contribution in [1.82, 2.24) is 9.97 Å². The molecule has 4 nitrogen and oxygen atoms in total. The lowest BCUT2D eigenvalue weighted by atomic mass is 10.1. The number of nitrogens with one attached hydrogen (secondary N) is 1. The number of fused-ring (bicyclic) bond motifs is 1. The minimum absolute atomic E-state index is 0.577. The van der Waals surface area contributed by atoms with Crippen LogP contribution in [0.3, 0.4) is 0 Å². The van der Waals surface area contributed by atoms with Gasteiger partial charge in [-0.25, -0.2) is 14.3 Å². The third kappa shape index (κ3) is 3.79. The minimum atomic E-state index is -1.55. The summed E-state index contributed by atoms with van der Waals surface area (Å²) in [5, 5.41) is 6.27. The average molecular weight is 392 g/mol. The number of imidazole rings is 1. The molecule has 1 atom stereocenters. The van der Waals surface area contributed by atoms with Gasteiger partial charge in [0, 0.05) is 10.6 Å². The van der Waals surface area contributed by atoms with Gasteiger partial charge in [-0.1, -0.05) is 41.8 Å². The van der Waals surface area contributed by atoms with Crippen molar-refractivity contribution in [1.29, 1.82) is 0 Å². The molecule has 0 saturated heterocycles. The van der Waals surface area contributed by atoms with Gasteiger partial charge in [-0.15, -0.1) is 0 Å². The molecule has 0 saturated carbocycles. The maximum absolute atomic E-state index is 11.8. The molecule has 4 aromatic rings. The molecule has 0 spiro atoms. The first kappa shape index (κ1) is 17.5. The van der Waals surface area contributed by atoms with E-state index in [1.54, 1.807) is 18.2 Å². The first-order chi connectivity index (χ1) is 13.1. The van der Waals surface area contributed by atoms with Crippen molar-refractivity contribution in [3.8, 4) is 23.0 Å². The highest BCUT2D eigenvalue weighted by Crippen LogP contribution is 2.27. The first-order valence-corrected chi connectivity index (χ1v) is 9.72. The molecule has 3 N–H and O–H groups in total. The largest absolute Gasteiger partial charge is 0.331 e. The molecule has 132 valence electrons. The van der Waals surface area contributed by atoms with Crippen LogP contribution in [0.1, 0.15) is 11.4 Å². The quantitative estimate of drug-likeness (QED) is 0.501. The summed E-state index contributed by atoms with van der Waals surface area (Å²) in [5.74, 6) is 6.67. The van der Waals surface area contributed by atoms with Crippen LogP contribution in [0, 0.1) is 11.8 Å². The van der Waals surface area contributed by atoms with E-state index in [1.165, 1.54) is 0 Å². The molecule has 0 aliphatic carbocycles. The molecule has 4 rings (SSSR count). The van der Waals surface area contributed by atoms with E-state index >= 15 is 0 Å². The fourth-order valence-electron chi connectivity index (χ4n) is 2.78. The van der Waals surface area contributed by atoms with E-state index in [2.05, 4.69) is 21.8 Å². The lowest BCUT2D eigenvalue weighted by Crippen LogP contribution is -2.04. The molecule has 27 heavy (non-hydrogen) atoms. The van der Waals surface area contributed by atoms with Gasteiger partial charge in [-0.05, 0) is 59.5 Å².